The second kappa shape index (κ2) is 4.98. The average molecular weight is 232 g/mol. The number of Topliss-reactive ketones (excluding diaryl/α,β-unsaturated/α-hetero) is 1. The minimum atomic E-state index is -0.0609. The third-order valence-electron chi connectivity index (χ3n) is 3.57. The molecule has 0 saturated carbocycles. The molecule has 1 aliphatic heterocycles. The van der Waals surface area contributed by atoms with E-state index in [1.54, 1.807) is 0 Å². The van der Waals surface area contributed by atoms with Crippen molar-refractivity contribution in [1.82, 2.24) is 10.2 Å². The Labute approximate surface area is 103 Å². The minimum absolute atomic E-state index is 0.0609. The molecule has 0 radical (unpaired) electrons. The lowest BCUT2D eigenvalue weighted by molar-refractivity contribution is 0.0893. The van der Waals surface area contributed by atoms with E-state index in [2.05, 4.69) is 17.3 Å². The van der Waals surface area contributed by atoms with E-state index in [1.165, 1.54) is 5.56 Å². The Hall–Kier alpha value is -1.19. The van der Waals surface area contributed by atoms with Gasteiger partial charge in [-0.3, -0.25) is 4.79 Å². The molecule has 1 unspecified atom stereocenters. The van der Waals surface area contributed by atoms with Gasteiger partial charge in [0.25, 0.3) is 0 Å². The molecule has 3 heteroatoms. The molecule has 1 atom stereocenters. The molecule has 17 heavy (non-hydrogen) atoms. The molecule has 1 aromatic carbocycles. The first-order valence-electron chi connectivity index (χ1n) is 6.12. The maximum atomic E-state index is 12.4. The van der Waals surface area contributed by atoms with Gasteiger partial charge >= 0.3 is 0 Å². The van der Waals surface area contributed by atoms with Gasteiger partial charge in [-0.1, -0.05) is 18.2 Å². The predicted molar refractivity (Wildman–Crippen MR) is 69.5 cm³/mol. The van der Waals surface area contributed by atoms with Gasteiger partial charge in [0.2, 0.25) is 0 Å². The molecule has 1 fully saturated rings. The van der Waals surface area contributed by atoms with Crippen LogP contribution >= 0.6 is 0 Å². The summed E-state index contributed by atoms with van der Waals surface area (Å²) >= 11 is 0. The molecule has 1 aromatic rings. The lowest BCUT2D eigenvalue weighted by Crippen LogP contribution is -2.52. The summed E-state index contributed by atoms with van der Waals surface area (Å²) in [6, 6.07) is 5.88. The Bertz CT molecular complexity index is 428. The number of rotatable bonds is 2. The zero-order valence-electron chi connectivity index (χ0n) is 10.8. The van der Waals surface area contributed by atoms with Gasteiger partial charge in [-0.15, -0.1) is 0 Å². The molecule has 1 saturated heterocycles. The van der Waals surface area contributed by atoms with Gasteiger partial charge in [-0.05, 0) is 32.0 Å². The monoisotopic (exact) mass is 232 g/mol. The Morgan fingerprint density at radius 3 is 2.88 bits per heavy atom. The fourth-order valence-corrected chi connectivity index (χ4v) is 2.28. The van der Waals surface area contributed by atoms with Crippen LogP contribution in [-0.4, -0.2) is 43.4 Å². The van der Waals surface area contributed by atoms with Crippen LogP contribution in [0.1, 0.15) is 21.5 Å². The highest BCUT2D eigenvalue weighted by molar-refractivity contribution is 6.01. The highest BCUT2D eigenvalue weighted by atomic mass is 16.1. The first-order chi connectivity index (χ1) is 8.09. The summed E-state index contributed by atoms with van der Waals surface area (Å²) in [7, 11) is 2.06. The van der Waals surface area contributed by atoms with E-state index in [1.807, 2.05) is 32.0 Å². The number of likely N-dealkylation sites (N-methyl/N-ethyl adjacent to an activating group) is 1. The first kappa shape index (κ1) is 12.3. The fraction of sp³-hybridized carbons (Fsp3) is 0.500. The molecule has 0 bridgehead atoms. The molecule has 1 aliphatic rings. The van der Waals surface area contributed by atoms with Crippen molar-refractivity contribution in [1.29, 1.82) is 0 Å². The molecule has 3 nitrogen and oxygen atoms in total. The lowest BCUT2D eigenvalue weighted by Gasteiger charge is -2.30. The zero-order chi connectivity index (χ0) is 12.4. The van der Waals surface area contributed by atoms with Gasteiger partial charge in [-0.2, -0.15) is 0 Å². The number of hydrogen-bond donors (Lipinski definition) is 1. The first-order valence-corrected chi connectivity index (χ1v) is 6.12. The molecular weight excluding hydrogens is 212 g/mol. The average Bonchev–Trinajstić information content (AvgIpc) is 2.32. The van der Waals surface area contributed by atoms with E-state index in [9.17, 15) is 4.79 Å². The molecule has 2 rings (SSSR count). The topological polar surface area (TPSA) is 32.3 Å². The van der Waals surface area contributed by atoms with Crippen LogP contribution in [-0.2, 0) is 0 Å². The van der Waals surface area contributed by atoms with Gasteiger partial charge in [0.15, 0.2) is 5.78 Å². The van der Waals surface area contributed by atoms with Crippen LogP contribution in [0.5, 0.6) is 0 Å². The number of nitrogens with one attached hydrogen (secondary N) is 1. The van der Waals surface area contributed by atoms with E-state index in [0.717, 1.165) is 30.8 Å². The van der Waals surface area contributed by atoms with Crippen molar-refractivity contribution in [2.45, 2.75) is 19.9 Å². The van der Waals surface area contributed by atoms with Crippen LogP contribution in [0, 0.1) is 13.8 Å². The van der Waals surface area contributed by atoms with E-state index in [0.29, 0.717) is 0 Å². The van der Waals surface area contributed by atoms with Gasteiger partial charge < -0.3 is 10.2 Å². The van der Waals surface area contributed by atoms with Crippen molar-refractivity contribution in [3.8, 4) is 0 Å². The van der Waals surface area contributed by atoms with Crippen LogP contribution in [0.4, 0.5) is 0 Å². The van der Waals surface area contributed by atoms with Crippen molar-refractivity contribution in [3.63, 3.8) is 0 Å². The normalized spacial score (nSPS) is 21.5. The van der Waals surface area contributed by atoms with Gasteiger partial charge in [-0.25, -0.2) is 0 Å². The highest BCUT2D eigenvalue weighted by Crippen LogP contribution is 2.15. The number of benzene rings is 1. The molecule has 0 spiro atoms. The third-order valence-corrected chi connectivity index (χ3v) is 3.57. The summed E-state index contributed by atoms with van der Waals surface area (Å²) in [6.45, 7) is 6.77. The van der Waals surface area contributed by atoms with Crippen molar-refractivity contribution in [3.05, 3.63) is 34.9 Å². The molecule has 0 aliphatic carbocycles. The van der Waals surface area contributed by atoms with Crippen molar-refractivity contribution >= 4 is 5.78 Å². The maximum absolute atomic E-state index is 12.4. The smallest absolute Gasteiger partial charge is 0.181 e. The SMILES string of the molecule is Cc1cccc(C(=O)C2CN(C)CCN2)c1C. The summed E-state index contributed by atoms with van der Waals surface area (Å²) in [5.74, 6) is 0.220. The lowest BCUT2D eigenvalue weighted by atomic mass is 9.95. The number of carbonyl (C=O) groups is 1. The molecule has 0 aromatic heterocycles. The molecule has 1 heterocycles. The zero-order valence-corrected chi connectivity index (χ0v) is 10.8. The Balaban J connectivity index is 2.22. The van der Waals surface area contributed by atoms with Crippen LogP contribution in [0.15, 0.2) is 18.2 Å². The van der Waals surface area contributed by atoms with Crippen molar-refractivity contribution in [2.75, 3.05) is 26.7 Å². The second-order valence-electron chi connectivity index (χ2n) is 4.88. The molecule has 1 N–H and O–H groups in total. The largest absolute Gasteiger partial charge is 0.305 e. The summed E-state index contributed by atoms with van der Waals surface area (Å²) in [4.78, 5) is 14.6. The van der Waals surface area contributed by atoms with E-state index in [4.69, 9.17) is 0 Å². The fourth-order valence-electron chi connectivity index (χ4n) is 2.28. The minimum Gasteiger partial charge on any atom is -0.305 e. The number of hydrogen-bond acceptors (Lipinski definition) is 3. The highest BCUT2D eigenvalue weighted by Gasteiger charge is 2.25. The van der Waals surface area contributed by atoms with Crippen molar-refractivity contribution in [2.24, 2.45) is 0 Å². The number of ketones is 1. The Morgan fingerprint density at radius 1 is 1.41 bits per heavy atom. The third kappa shape index (κ3) is 2.56. The van der Waals surface area contributed by atoms with Crippen LogP contribution in [0.25, 0.3) is 0 Å². The Morgan fingerprint density at radius 2 is 2.18 bits per heavy atom. The number of nitrogens with zero attached hydrogens (tertiary/aromatic N) is 1. The second-order valence-corrected chi connectivity index (χ2v) is 4.88. The Kier molecular flexibility index (Phi) is 3.60. The summed E-state index contributed by atoms with van der Waals surface area (Å²) < 4.78 is 0. The van der Waals surface area contributed by atoms with Crippen LogP contribution in [0.3, 0.4) is 0 Å². The van der Waals surface area contributed by atoms with E-state index < -0.39 is 0 Å². The number of piperazine rings is 1. The van der Waals surface area contributed by atoms with Gasteiger partial charge in [0.05, 0.1) is 6.04 Å². The van der Waals surface area contributed by atoms with Crippen LogP contribution < -0.4 is 5.32 Å². The molecular formula is C14H20N2O. The van der Waals surface area contributed by atoms with Gasteiger partial charge in [0.1, 0.15) is 0 Å². The van der Waals surface area contributed by atoms with Crippen LogP contribution in [0.2, 0.25) is 0 Å². The summed E-state index contributed by atoms with van der Waals surface area (Å²) in [5.41, 5.74) is 3.14. The quantitative estimate of drug-likeness (QED) is 0.782. The van der Waals surface area contributed by atoms with Crippen molar-refractivity contribution < 1.29 is 4.79 Å². The molecule has 92 valence electrons. The predicted octanol–water partition coefficient (Wildman–Crippen LogP) is 1.39. The van der Waals surface area contributed by atoms with E-state index >= 15 is 0 Å². The molecule has 0 amide bonds. The maximum Gasteiger partial charge on any atom is 0.181 e. The number of carbonyl (C=O) groups excluding carboxylic acids is 1. The van der Waals surface area contributed by atoms with E-state index in [-0.39, 0.29) is 11.8 Å². The standard InChI is InChI=1S/C14H20N2O/c1-10-5-4-6-12(11(10)2)14(17)13-9-16(3)8-7-15-13/h4-6,13,15H,7-9H2,1-3H3. The summed E-state index contributed by atoms with van der Waals surface area (Å²) in [6.07, 6.45) is 0. The number of aryl methyl sites for hydroxylation is 1. The summed E-state index contributed by atoms with van der Waals surface area (Å²) in [5, 5.41) is 3.30. The van der Waals surface area contributed by atoms with Gasteiger partial charge in [0, 0.05) is 25.2 Å².